The second kappa shape index (κ2) is 9.70. The van der Waals surface area contributed by atoms with Gasteiger partial charge in [-0.25, -0.2) is 0 Å². The number of nitrogens with one attached hydrogen (secondary N) is 2. The summed E-state index contributed by atoms with van der Waals surface area (Å²) < 4.78 is 5.50. The number of rotatable bonds is 6. The molecule has 7 heteroatoms. The third kappa shape index (κ3) is 5.50. The first-order chi connectivity index (χ1) is 10.6. The molecule has 0 unspecified atom stereocenters. The number of amides is 1. The van der Waals surface area contributed by atoms with Crippen LogP contribution in [0.1, 0.15) is 24.8 Å². The van der Waals surface area contributed by atoms with Gasteiger partial charge < -0.3 is 15.4 Å². The number of benzene rings is 1. The number of methoxy groups -OCH3 is 1. The largest absolute Gasteiger partial charge is 0.368 e. The van der Waals surface area contributed by atoms with Gasteiger partial charge >= 0.3 is 0 Å². The number of carbonyl (C=O) groups excluding carboxylic acids is 1. The molecule has 0 radical (unpaired) electrons. The second-order valence-electron chi connectivity index (χ2n) is 5.54. The molecule has 130 valence electrons. The van der Waals surface area contributed by atoms with E-state index in [1.165, 1.54) is 0 Å². The number of aryl methyl sites for hydroxylation is 1. The Hall–Kier alpha value is -0.520. The van der Waals surface area contributed by atoms with E-state index in [4.69, 9.17) is 27.9 Å². The number of hydrogen-bond acceptors (Lipinski definition) is 3. The van der Waals surface area contributed by atoms with Crippen molar-refractivity contribution in [3.05, 3.63) is 33.8 Å². The fraction of sp³-hybridized carbons (Fsp3) is 0.562. The van der Waals surface area contributed by atoms with Crippen molar-refractivity contribution in [3.8, 4) is 0 Å². The van der Waals surface area contributed by atoms with Gasteiger partial charge in [-0.3, -0.25) is 4.79 Å². The molecule has 0 spiro atoms. The third-order valence-corrected chi connectivity index (χ3v) is 4.73. The Morgan fingerprint density at radius 2 is 2.04 bits per heavy atom. The fourth-order valence-corrected chi connectivity index (χ4v) is 3.22. The van der Waals surface area contributed by atoms with Crippen molar-refractivity contribution in [2.24, 2.45) is 0 Å². The molecule has 1 aromatic carbocycles. The van der Waals surface area contributed by atoms with Crippen molar-refractivity contribution in [2.75, 3.05) is 26.7 Å². The number of hydrogen-bond donors (Lipinski definition) is 2. The minimum absolute atomic E-state index is 0. The van der Waals surface area contributed by atoms with Crippen molar-refractivity contribution in [3.63, 3.8) is 0 Å². The van der Waals surface area contributed by atoms with Gasteiger partial charge in [0.25, 0.3) is 5.91 Å². The standard InChI is InChI=1S/C16H22Cl2N2O2.ClH/c1-22-16(6-9-19-10-7-16)15(21)20-8-2-3-12-4-5-13(17)11-14(12)18;/h4-5,11,19H,2-3,6-10H2,1H3,(H,20,21);1H. The topological polar surface area (TPSA) is 50.4 Å². The van der Waals surface area contributed by atoms with Gasteiger partial charge in [-0.2, -0.15) is 0 Å². The monoisotopic (exact) mass is 380 g/mol. The Balaban J connectivity index is 0.00000264. The van der Waals surface area contributed by atoms with Gasteiger partial charge in [0.1, 0.15) is 5.60 Å². The minimum atomic E-state index is -0.677. The van der Waals surface area contributed by atoms with E-state index < -0.39 is 5.60 Å². The molecule has 1 amide bonds. The van der Waals surface area contributed by atoms with Crippen molar-refractivity contribution in [1.82, 2.24) is 10.6 Å². The molecule has 1 aromatic rings. The molecule has 1 fully saturated rings. The van der Waals surface area contributed by atoms with Crippen LogP contribution in [0.15, 0.2) is 18.2 Å². The van der Waals surface area contributed by atoms with Crippen LogP contribution >= 0.6 is 35.6 Å². The van der Waals surface area contributed by atoms with Crippen molar-refractivity contribution >= 4 is 41.5 Å². The molecule has 1 saturated heterocycles. The molecule has 1 heterocycles. The maximum Gasteiger partial charge on any atom is 0.252 e. The van der Waals surface area contributed by atoms with E-state index in [1.54, 1.807) is 13.2 Å². The van der Waals surface area contributed by atoms with Gasteiger partial charge in [0, 0.05) is 23.7 Å². The lowest BCUT2D eigenvalue weighted by atomic mass is 9.91. The van der Waals surface area contributed by atoms with E-state index in [0.29, 0.717) is 29.4 Å². The zero-order valence-corrected chi connectivity index (χ0v) is 15.5. The zero-order chi connectivity index (χ0) is 16.0. The highest BCUT2D eigenvalue weighted by molar-refractivity contribution is 6.35. The number of ether oxygens (including phenoxy) is 1. The predicted octanol–water partition coefficient (Wildman–Crippen LogP) is 3.23. The summed E-state index contributed by atoms with van der Waals surface area (Å²) in [4.78, 5) is 12.4. The molecule has 0 atom stereocenters. The third-order valence-electron chi connectivity index (χ3n) is 4.14. The molecule has 2 rings (SSSR count). The predicted molar refractivity (Wildman–Crippen MR) is 96.9 cm³/mol. The average molecular weight is 382 g/mol. The normalized spacial score (nSPS) is 16.5. The van der Waals surface area contributed by atoms with E-state index in [1.807, 2.05) is 12.1 Å². The molecular weight excluding hydrogens is 359 g/mol. The van der Waals surface area contributed by atoms with Crippen LogP contribution in [-0.2, 0) is 16.0 Å². The van der Waals surface area contributed by atoms with Crippen molar-refractivity contribution < 1.29 is 9.53 Å². The quantitative estimate of drug-likeness (QED) is 0.744. The van der Waals surface area contributed by atoms with Gasteiger partial charge in [-0.05, 0) is 56.5 Å². The van der Waals surface area contributed by atoms with Crippen LogP contribution in [0.5, 0.6) is 0 Å². The Morgan fingerprint density at radius 3 is 2.65 bits per heavy atom. The summed E-state index contributed by atoms with van der Waals surface area (Å²) in [5.74, 6) is -0.0151. The van der Waals surface area contributed by atoms with Crippen LogP contribution in [0.3, 0.4) is 0 Å². The van der Waals surface area contributed by atoms with Crippen LogP contribution in [-0.4, -0.2) is 38.3 Å². The fourth-order valence-electron chi connectivity index (χ4n) is 2.72. The van der Waals surface area contributed by atoms with E-state index in [9.17, 15) is 4.79 Å². The maximum absolute atomic E-state index is 12.4. The van der Waals surface area contributed by atoms with Crippen molar-refractivity contribution in [2.45, 2.75) is 31.3 Å². The molecule has 0 bridgehead atoms. The molecule has 2 N–H and O–H groups in total. The molecule has 23 heavy (non-hydrogen) atoms. The summed E-state index contributed by atoms with van der Waals surface area (Å²) in [5.41, 5.74) is 0.368. The van der Waals surface area contributed by atoms with E-state index in [0.717, 1.165) is 31.5 Å². The van der Waals surface area contributed by atoms with Crippen LogP contribution in [0.4, 0.5) is 0 Å². The summed E-state index contributed by atoms with van der Waals surface area (Å²) in [6.45, 7) is 2.22. The van der Waals surface area contributed by atoms with E-state index in [-0.39, 0.29) is 18.3 Å². The molecule has 4 nitrogen and oxygen atoms in total. The van der Waals surface area contributed by atoms with E-state index in [2.05, 4.69) is 10.6 Å². The zero-order valence-electron chi connectivity index (χ0n) is 13.2. The first kappa shape index (κ1) is 20.5. The smallest absolute Gasteiger partial charge is 0.252 e. The van der Waals surface area contributed by atoms with Gasteiger partial charge in [-0.1, -0.05) is 29.3 Å². The molecule has 1 aliphatic heterocycles. The van der Waals surface area contributed by atoms with E-state index >= 15 is 0 Å². The number of carbonyl (C=O) groups is 1. The molecule has 1 aliphatic rings. The second-order valence-corrected chi connectivity index (χ2v) is 6.39. The number of halogens is 3. The van der Waals surface area contributed by atoms with Crippen LogP contribution < -0.4 is 10.6 Å². The lowest BCUT2D eigenvalue weighted by molar-refractivity contribution is -0.146. The SMILES string of the molecule is COC1(C(=O)NCCCc2ccc(Cl)cc2Cl)CCNCC1.Cl. The summed E-state index contributed by atoms with van der Waals surface area (Å²) in [6.07, 6.45) is 3.04. The highest BCUT2D eigenvalue weighted by Gasteiger charge is 2.39. The van der Waals surface area contributed by atoms with Crippen molar-refractivity contribution in [1.29, 1.82) is 0 Å². The minimum Gasteiger partial charge on any atom is -0.368 e. The van der Waals surface area contributed by atoms with Gasteiger partial charge in [0.15, 0.2) is 0 Å². The van der Waals surface area contributed by atoms with Crippen LogP contribution in [0, 0.1) is 0 Å². The van der Waals surface area contributed by atoms with Gasteiger partial charge in [0.2, 0.25) is 0 Å². The molecule has 0 aliphatic carbocycles. The molecule has 0 aromatic heterocycles. The lowest BCUT2D eigenvalue weighted by Crippen LogP contribution is -2.54. The maximum atomic E-state index is 12.4. The lowest BCUT2D eigenvalue weighted by Gasteiger charge is -2.34. The summed E-state index contributed by atoms with van der Waals surface area (Å²) in [5, 5.41) is 7.53. The average Bonchev–Trinajstić information content (AvgIpc) is 2.53. The number of piperidine rings is 1. The first-order valence-corrected chi connectivity index (χ1v) is 8.31. The highest BCUT2D eigenvalue weighted by Crippen LogP contribution is 2.23. The van der Waals surface area contributed by atoms with Crippen LogP contribution in [0.2, 0.25) is 10.0 Å². The summed E-state index contributed by atoms with van der Waals surface area (Å²) in [7, 11) is 1.61. The van der Waals surface area contributed by atoms with Gasteiger partial charge in [0.05, 0.1) is 0 Å². The Bertz CT molecular complexity index is 520. The van der Waals surface area contributed by atoms with Crippen LogP contribution in [0.25, 0.3) is 0 Å². The Kier molecular flexibility index (Phi) is 8.65. The summed E-state index contributed by atoms with van der Waals surface area (Å²) >= 11 is 12.0. The molecular formula is C16H23Cl3N2O2. The first-order valence-electron chi connectivity index (χ1n) is 7.55. The summed E-state index contributed by atoms with van der Waals surface area (Å²) in [6, 6.07) is 5.50. The Labute approximate surface area is 153 Å². The Morgan fingerprint density at radius 1 is 1.35 bits per heavy atom. The highest BCUT2D eigenvalue weighted by atomic mass is 35.5. The molecule has 0 saturated carbocycles. The van der Waals surface area contributed by atoms with Gasteiger partial charge in [-0.15, -0.1) is 12.4 Å².